The van der Waals surface area contributed by atoms with Crippen LogP contribution in [0.15, 0.2) is 84.9 Å². The molecule has 0 fully saturated rings. The van der Waals surface area contributed by atoms with Gasteiger partial charge in [-0.2, -0.15) is 13.2 Å². The van der Waals surface area contributed by atoms with Gasteiger partial charge < -0.3 is 8.80 Å². The Kier molecular flexibility index (Phi) is 3.22. The molecule has 4 aromatic heterocycles. The van der Waals surface area contributed by atoms with E-state index >= 15 is 0 Å². The van der Waals surface area contributed by atoms with Crippen molar-refractivity contribution >= 4 is 76.2 Å². The molecule has 9 rings (SSSR count). The smallest absolute Gasteiger partial charge is 0.308 e. The summed E-state index contributed by atoms with van der Waals surface area (Å²) in [6.45, 7) is 2.10. The monoisotopic (exact) mass is 486 g/mol. The maximum Gasteiger partial charge on any atom is 0.416 e. The number of alkyl halides is 3. The van der Waals surface area contributed by atoms with Crippen molar-refractivity contribution in [2.24, 2.45) is 0 Å². The largest absolute Gasteiger partial charge is 0.416 e. The summed E-state index contributed by atoms with van der Waals surface area (Å²) in [6, 6.07) is 27.2. The van der Waals surface area contributed by atoms with E-state index in [2.05, 4.69) is 58.2 Å². The van der Waals surface area contributed by atoms with E-state index in [1.807, 2.05) is 24.3 Å². The maximum atomic E-state index is 13.9. The lowest BCUT2D eigenvalue weighted by molar-refractivity contribution is -0.137. The Morgan fingerprint density at radius 1 is 0.514 bits per heavy atom. The first kappa shape index (κ1) is 19.7. The van der Waals surface area contributed by atoms with Crippen LogP contribution in [0.25, 0.3) is 76.2 Å². The standard InChI is InChI=1S/C32H17F3N2/c1-16-10-12-24-20(14-16)28-26-18-6-2-5-9-23(18)37-25-13-11-17(32(33,34)35)15-21(25)29(31(26)37)27-19-7-3-4-8-22(19)36(24)30(27)28/h2-15H,1H3. The van der Waals surface area contributed by atoms with E-state index in [4.69, 9.17) is 0 Å². The van der Waals surface area contributed by atoms with Crippen LogP contribution >= 0.6 is 0 Å². The molecular weight excluding hydrogens is 469 g/mol. The molecule has 0 saturated carbocycles. The summed E-state index contributed by atoms with van der Waals surface area (Å²) in [7, 11) is 0. The first-order valence-electron chi connectivity index (χ1n) is 12.3. The zero-order valence-corrected chi connectivity index (χ0v) is 19.6. The van der Waals surface area contributed by atoms with Crippen molar-refractivity contribution in [2.45, 2.75) is 13.1 Å². The third-order valence-corrected chi connectivity index (χ3v) is 8.22. The minimum absolute atomic E-state index is 0.621. The molecule has 4 heterocycles. The van der Waals surface area contributed by atoms with Crippen molar-refractivity contribution in [1.82, 2.24) is 8.80 Å². The van der Waals surface area contributed by atoms with Gasteiger partial charge in [0.05, 0.1) is 38.7 Å². The van der Waals surface area contributed by atoms with E-state index < -0.39 is 11.7 Å². The van der Waals surface area contributed by atoms with Gasteiger partial charge in [0, 0.05) is 43.1 Å². The normalized spacial score (nSPS) is 13.4. The highest BCUT2D eigenvalue weighted by atomic mass is 19.4. The molecule has 0 aliphatic heterocycles. The Balaban J connectivity index is 1.75. The quantitative estimate of drug-likeness (QED) is 0.202. The molecule has 0 radical (unpaired) electrons. The van der Waals surface area contributed by atoms with Crippen LogP contribution in [0.4, 0.5) is 13.2 Å². The van der Waals surface area contributed by atoms with Gasteiger partial charge in [-0.05, 0) is 49.4 Å². The second-order valence-electron chi connectivity index (χ2n) is 10.2. The fourth-order valence-corrected chi connectivity index (χ4v) is 6.87. The first-order chi connectivity index (χ1) is 17.9. The molecule has 0 aliphatic rings. The van der Waals surface area contributed by atoms with Crippen LogP contribution in [0, 0.1) is 6.92 Å². The summed E-state index contributed by atoms with van der Waals surface area (Å²) in [5.41, 5.74) is 6.63. The lowest BCUT2D eigenvalue weighted by Gasteiger charge is -2.07. The van der Waals surface area contributed by atoms with Crippen molar-refractivity contribution in [1.29, 1.82) is 0 Å². The lowest BCUT2D eigenvalue weighted by atomic mass is 9.97. The average molecular weight is 486 g/mol. The second-order valence-corrected chi connectivity index (χ2v) is 10.2. The molecule has 5 aromatic carbocycles. The minimum atomic E-state index is -4.41. The van der Waals surface area contributed by atoms with E-state index in [1.54, 1.807) is 6.07 Å². The van der Waals surface area contributed by atoms with Crippen molar-refractivity contribution in [3.63, 3.8) is 0 Å². The SMILES string of the molecule is Cc1ccc2c(c1)c1c3c4ccccc4n4c5ccc(C(F)(F)F)cc5c(c5c6ccccc6n2c51)c34. The van der Waals surface area contributed by atoms with Gasteiger partial charge in [0.25, 0.3) is 0 Å². The molecule has 0 bridgehead atoms. The number of aromatic nitrogens is 2. The Morgan fingerprint density at radius 3 is 1.54 bits per heavy atom. The van der Waals surface area contributed by atoms with Crippen LogP contribution < -0.4 is 0 Å². The van der Waals surface area contributed by atoms with Gasteiger partial charge in [-0.15, -0.1) is 0 Å². The van der Waals surface area contributed by atoms with E-state index in [0.29, 0.717) is 5.39 Å². The summed E-state index contributed by atoms with van der Waals surface area (Å²) in [6.07, 6.45) is -4.41. The zero-order chi connectivity index (χ0) is 24.8. The predicted molar refractivity (Wildman–Crippen MR) is 145 cm³/mol. The number of benzene rings is 5. The summed E-state index contributed by atoms with van der Waals surface area (Å²) in [5, 5.41) is 8.18. The van der Waals surface area contributed by atoms with Crippen LogP contribution in [-0.4, -0.2) is 8.80 Å². The highest BCUT2D eigenvalue weighted by molar-refractivity contribution is 6.45. The van der Waals surface area contributed by atoms with Gasteiger partial charge in [0.1, 0.15) is 0 Å². The molecule has 0 aliphatic carbocycles. The van der Waals surface area contributed by atoms with Gasteiger partial charge in [-0.3, -0.25) is 0 Å². The summed E-state index contributed by atoms with van der Waals surface area (Å²) < 4.78 is 46.2. The number of para-hydroxylation sites is 2. The molecule has 5 heteroatoms. The molecule has 0 N–H and O–H groups in total. The molecule has 2 nitrogen and oxygen atoms in total. The van der Waals surface area contributed by atoms with Crippen LogP contribution in [0.1, 0.15) is 11.1 Å². The zero-order valence-electron chi connectivity index (χ0n) is 19.6. The van der Waals surface area contributed by atoms with E-state index in [9.17, 15) is 13.2 Å². The summed E-state index contributed by atoms with van der Waals surface area (Å²) in [5.74, 6) is 0. The molecule has 37 heavy (non-hydrogen) atoms. The topological polar surface area (TPSA) is 8.82 Å². The Morgan fingerprint density at radius 2 is 0.973 bits per heavy atom. The highest BCUT2D eigenvalue weighted by Crippen LogP contribution is 2.52. The number of aryl methyl sites for hydroxylation is 1. The number of rotatable bonds is 0. The molecular formula is C32H17F3N2. The third-order valence-electron chi connectivity index (χ3n) is 8.22. The number of nitrogens with zero attached hydrogens (tertiary/aromatic N) is 2. The van der Waals surface area contributed by atoms with Crippen LogP contribution in [0.2, 0.25) is 0 Å². The summed E-state index contributed by atoms with van der Waals surface area (Å²) >= 11 is 0. The van der Waals surface area contributed by atoms with Crippen molar-refractivity contribution in [3.05, 3.63) is 96.1 Å². The Hall–Kier alpha value is -4.51. The number of fused-ring (bicyclic) bond motifs is 14. The number of halogens is 3. The van der Waals surface area contributed by atoms with Crippen LogP contribution in [-0.2, 0) is 6.18 Å². The first-order valence-corrected chi connectivity index (χ1v) is 12.3. The predicted octanol–water partition coefficient (Wildman–Crippen LogP) is 9.31. The van der Waals surface area contributed by atoms with Gasteiger partial charge in [-0.1, -0.05) is 48.0 Å². The second kappa shape index (κ2) is 6.06. The molecule has 0 spiro atoms. The van der Waals surface area contributed by atoms with Crippen LogP contribution in [0.3, 0.4) is 0 Å². The molecule has 0 atom stereocenters. The summed E-state index contributed by atoms with van der Waals surface area (Å²) in [4.78, 5) is 0. The molecule has 0 saturated heterocycles. The highest BCUT2D eigenvalue weighted by Gasteiger charge is 2.33. The minimum Gasteiger partial charge on any atom is -0.308 e. The molecule has 176 valence electrons. The lowest BCUT2D eigenvalue weighted by Crippen LogP contribution is -2.04. The Bertz CT molecular complexity index is 2400. The number of hydrogen-bond donors (Lipinski definition) is 0. The average Bonchev–Trinajstić information content (AvgIpc) is 3.59. The van der Waals surface area contributed by atoms with Gasteiger partial charge in [-0.25, -0.2) is 0 Å². The van der Waals surface area contributed by atoms with E-state index in [0.717, 1.165) is 60.0 Å². The molecule has 0 amide bonds. The van der Waals surface area contributed by atoms with Crippen molar-refractivity contribution in [2.75, 3.05) is 0 Å². The van der Waals surface area contributed by atoms with Crippen molar-refractivity contribution in [3.8, 4) is 0 Å². The fraction of sp³-hybridized carbons (Fsp3) is 0.0625. The van der Waals surface area contributed by atoms with Gasteiger partial charge in [0.15, 0.2) is 0 Å². The van der Waals surface area contributed by atoms with Gasteiger partial charge in [0.2, 0.25) is 0 Å². The maximum absolute atomic E-state index is 13.9. The van der Waals surface area contributed by atoms with E-state index in [1.165, 1.54) is 28.5 Å². The fourth-order valence-electron chi connectivity index (χ4n) is 6.87. The van der Waals surface area contributed by atoms with Crippen LogP contribution in [0.5, 0.6) is 0 Å². The third kappa shape index (κ3) is 2.13. The van der Waals surface area contributed by atoms with Crippen molar-refractivity contribution < 1.29 is 13.2 Å². The Labute approximate surface area is 207 Å². The van der Waals surface area contributed by atoms with Gasteiger partial charge >= 0.3 is 6.18 Å². The number of hydrogen-bond acceptors (Lipinski definition) is 0. The van der Waals surface area contributed by atoms with E-state index in [-0.39, 0.29) is 0 Å². The molecule has 9 aromatic rings. The molecule has 0 unspecified atom stereocenters.